The third kappa shape index (κ3) is 5.01. The summed E-state index contributed by atoms with van der Waals surface area (Å²) >= 11 is 6.10. The number of amides is 2. The van der Waals surface area contributed by atoms with Crippen LogP contribution in [-0.2, 0) is 6.54 Å². The fourth-order valence-corrected chi connectivity index (χ4v) is 4.82. The summed E-state index contributed by atoms with van der Waals surface area (Å²) in [5, 5.41) is 3.61. The Morgan fingerprint density at radius 1 is 1.00 bits per heavy atom. The maximum atomic E-state index is 12.8. The van der Waals surface area contributed by atoms with Crippen molar-refractivity contribution >= 4 is 34.5 Å². The lowest BCUT2D eigenvalue weighted by Crippen LogP contribution is -2.49. The number of urea groups is 1. The molecule has 0 radical (unpaired) electrons. The minimum atomic E-state index is -0.0957. The van der Waals surface area contributed by atoms with Gasteiger partial charge in [-0.25, -0.2) is 14.8 Å². The highest BCUT2D eigenvalue weighted by molar-refractivity contribution is 6.31. The largest absolute Gasteiger partial charge is 0.322 e. The molecule has 0 bridgehead atoms. The Balaban J connectivity index is 1.31. The molecule has 4 aromatic rings. The average molecular weight is 489 g/mol. The molecule has 7 nitrogen and oxygen atoms in total. The Hall–Kier alpha value is -3.42. The van der Waals surface area contributed by atoms with Gasteiger partial charge in [-0.15, -0.1) is 0 Å². The highest BCUT2D eigenvalue weighted by Gasteiger charge is 2.24. The Bertz CT molecular complexity index is 1370. The van der Waals surface area contributed by atoms with E-state index in [1.54, 1.807) is 6.07 Å². The van der Waals surface area contributed by atoms with E-state index in [1.807, 2.05) is 42.3 Å². The molecule has 5 rings (SSSR count). The van der Waals surface area contributed by atoms with Crippen molar-refractivity contribution in [2.24, 2.45) is 0 Å². The normalized spacial score (nSPS) is 14.5. The molecule has 2 aromatic heterocycles. The third-order valence-corrected chi connectivity index (χ3v) is 6.65. The van der Waals surface area contributed by atoms with Crippen molar-refractivity contribution in [1.29, 1.82) is 0 Å². The molecule has 8 heteroatoms. The summed E-state index contributed by atoms with van der Waals surface area (Å²) in [6.45, 7) is 9.69. The fourth-order valence-electron chi connectivity index (χ4n) is 4.65. The van der Waals surface area contributed by atoms with Gasteiger partial charge in [0.2, 0.25) is 0 Å². The second kappa shape index (κ2) is 9.68. The van der Waals surface area contributed by atoms with Crippen LogP contribution in [0.4, 0.5) is 10.5 Å². The molecule has 2 amide bonds. The van der Waals surface area contributed by atoms with Crippen molar-refractivity contribution in [2.45, 2.75) is 27.3 Å². The van der Waals surface area contributed by atoms with Crippen LogP contribution in [0.25, 0.3) is 16.9 Å². The number of hydrogen-bond donors (Lipinski definition) is 1. The van der Waals surface area contributed by atoms with Crippen molar-refractivity contribution in [3.8, 4) is 5.69 Å². The maximum absolute atomic E-state index is 12.8. The van der Waals surface area contributed by atoms with Crippen LogP contribution >= 0.6 is 11.6 Å². The van der Waals surface area contributed by atoms with Gasteiger partial charge in [-0.2, -0.15) is 0 Å². The minimum Gasteiger partial charge on any atom is -0.322 e. The molecule has 0 atom stereocenters. The average Bonchev–Trinajstić information content (AvgIpc) is 3.19. The van der Waals surface area contributed by atoms with Gasteiger partial charge in [0.15, 0.2) is 5.65 Å². The van der Waals surface area contributed by atoms with Crippen LogP contribution < -0.4 is 5.32 Å². The number of aromatic nitrogens is 3. The molecule has 1 aliphatic heterocycles. The van der Waals surface area contributed by atoms with E-state index in [9.17, 15) is 4.79 Å². The minimum absolute atomic E-state index is 0.0957. The van der Waals surface area contributed by atoms with E-state index in [2.05, 4.69) is 51.8 Å². The van der Waals surface area contributed by atoms with E-state index >= 15 is 0 Å². The highest BCUT2D eigenvalue weighted by Crippen LogP contribution is 2.24. The molecule has 1 fully saturated rings. The van der Waals surface area contributed by atoms with Crippen molar-refractivity contribution < 1.29 is 4.79 Å². The van der Waals surface area contributed by atoms with Crippen LogP contribution in [0.1, 0.15) is 22.5 Å². The SMILES string of the molecule is Cc1cc(C)cc(-n2c(CN3CCN(C(=O)Nc4cc(Cl)ccc4C)CC3)nc3cccnc32)c1. The van der Waals surface area contributed by atoms with Crippen molar-refractivity contribution in [3.63, 3.8) is 0 Å². The molecule has 0 spiro atoms. The number of nitrogens with zero attached hydrogens (tertiary/aromatic N) is 5. The van der Waals surface area contributed by atoms with Crippen LogP contribution in [-0.4, -0.2) is 56.5 Å². The van der Waals surface area contributed by atoms with Crippen molar-refractivity contribution in [3.05, 3.63) is 82.3 Å². The number of aryl methyl sites for hydroxylation is 3. The summed E-state index contributed by atoms with van der Waals surface area (Å²) < 4.78 is 2.16. The van der Waals surface area contributed by atoms with E-state index in [0.29, 0.717) is 24.7 Å². The third-order valence-electron chi connectivity index (χ3n) is 6.42. The molecular formula is C27H29ClN6O. The zero-order chi connectivity index (χ0) is 24.5. The Morgan fingerprint density at radius 3 is 2.49 bits per heavy atom. The first kappa shape index (κ1) is 23.3. The second-order valence-corrected chi connectivity index (χ2v) is 9.64. The van der Waals surface area contributed by atoms with Gasteiger partial charge in [-0.3, -0.25) is 9.47 Å². The number of nitrogens with one attached hydrogen (secondary N) is 1. The number of pyridine rings is 1. The number of hydrogen-bond acceptors (Lipinski definition) is 4. The zero-order valence-electron chi connectivity index (χ0n) is 20.3. The number of imidazole rings is 1. The quantitative estimate of drug-likeness (QED) is 0.420. The standard InChI is InChI=1S/C27H29ClN6O/c1-18-13-19(2)15-22(14-18)34-25(30-23-5-4-8-29-26(23)34)17-32-9-11-33(12-10-32)27(35)31-24-16-21(28)7-6-20(24)3/h4-8,13-16H,9-12,17H2,1-3H3,(H,31,35). The summed E-state index contributed by atoms with van der Waals surface area (Å²) in [6.07, 6.45) is 1.81. The number of benzene rings is 2. The Labute approximate surface area is 210 Å². The first-order valence-electron chi connectivity index (χ1n) is 11.8. The lowest BCUT2D eigenvalue weighted by atomic mass is 10.1. The monoisotopic (exact) mass is 488 g/mol. The van der Waals surface area contributed by atoms with Crippen molar-refractivity contribution in [1.82, 2.24) is 24.3 Å². The molecule has 180 valence electrons. The van der Waals surface area contributed by atoms with Crippen LogP contribution in [0.2, 0.25) is 5.02 Å². The topological polar surface area (TPSA) is 66.3 Å². The van der Waals surface area contributed by atoms with Gasteiger partial charge in [0.1, 0.15) is 11.3 Å². The summed E-state index contributed by atoms with van der Waals surface area (Å²) in [5.74, 6) is 0.955. The van der Waals surface area contributed by atoms with Gasteiger partial charge >= 0.3 is 6.03 Å². The lowest BCUT2D eigenvalue weighted by Gasteiger charge is -2.34. The summed E-state index contributed by atoms with van der Waals surface area (Å²) in [7, 11) is 0. The summed E-state index contributed by atoms with van der Waals surface area (Å²) in [6, 6.07) is 15.9. The van der Waals surface area contributed by atoms with E-state index in [1.165, 1.54) is 11.1 Å². The van der Waals surface area contributed by atoms with E-state index in [0.717, 1.165) is 47.0 Å². The molecule has 0 aliphatic carbocycles. The lowest BCUT2D eigenvalue weighted by molar-refractivity contribution is 0.140. The van der Waals surface area contributed by atoms with Gasteiger partial charge in [-0.05, 0) is 73.9 Å². The van der Waals surface area contributed by atoms with Crippen molar-refractivity contribution in [2.75, 3.05) is 31.5 Å². The van der Waals surface area contributed by atoms with E-state index < -0.39 is 0 Å². The number of carbonyl (C=O) groups is 1. The number of carbonyl (C=O) groups excluding carboxylic acids is 1. The smallest absolute Gasteiger partial charge is 0.321 e. The molecule has 1 N–H and O–H groups in total. The Kier molecular flexibility index (Phi) is 6.45. The molecular weight excluding hydrogens is 460 g/mol. The van der Waals surface area contributed by atoms with Gasteiger partial charge in [0.25, 0.3) is 0 Å². The second-order valence-electron chi connectivity index (χ2n) is 9.21. The van der Waals surface area contributed by atoms with Gasteiger partial charge < -0.3 is 10.2 Å². The van der Waals surface area contributed by atoms with E-state index in [-0.39, 0.29) is 6.03 Å². The molecule has 1 saturated heterocycles. The molecule has 0 saturated carbocycles. The van der Waals surface area contributed by atoms with Crippen LogP contribution in [0, 0.1) is 20.8 Å². The van der Waals surface area contributed by atoms with Crippen LogP contribution in [0.3, 0.4) is 0 Å². The molecule has 1 aliphatic rings. The number of fused-ring (bicyclic) bond motifs is 1. The summed E-state index contributed by atoms with van der Waals surface area (Å²) in [4.78, 5) is 26.6. The highest BCUT2D eigenvalue weighted by atomic mass is 35.5. The zero-order valence-corrected chi connectivity index (χ0v) is 21.0. The van der Waals surface area contributed by atoms with E-state index in [4.69, 9.17) is 16.6 Å². The van der Waals surface area contributed by atoms with Gasteiger partial charge in [0.05, 0.1) is 6.54 Å². The predicted octanol–water partition coefficient (Wildman–Crippen LogP) is 5.35. The first-order valence-corrected chi connectivity index (χ1v) is 12.2. The molecule has 0 unspecified atom stereocenters. The molecule has 3 heterocycles. The molecule has 35 heavy (non-hydrogen) atoms. The Morgan fingerprint density at radius 2 is 1.74 bits per heavy atom. The number of piperazine rings is 1. The maximum Gasteiger partial charge on any atom is 0.321 e. The number of halogens is 1. The predicted molar refractivity (Wildman–Crippen MR) is 140 cm³/mol. The van der Waals surface area contributed by atoms with Gasteiger partial charge in [-0.1, -0.05) is 23.7 Å². The first-order chi connectivity index (χ1) is 16.9. The fraction of sp³-hybridized carbons (Fsp3) is 0.296. The number of rotatable bonds is 4. The van der Waals surface area contributed by atoms with Gasteiger partial charge in [0, 0.05) is 48.8 Å². The summed E-state index contributed by atoms with van der Waals surface area (Å²) in [5.41, 5.74) is 6.98. The van der Waals surface area contributed by atoms with Crippen LogP contribution in [0.5, 0.6) is 0 Å². The van der Waals surface area contributed by atoms with Crippen LogP contribution in [0.15, 0.2) is 54.7 Å². The molecule has 2 aromatic carbocycles. The number of anilines is 1.